The van der Waals surface area contributed by atoms with Crippen LogP contribution in [0.15, 0.2) is 211 Å². The van der Waals surface area contributed by atoms with Crippen molar-refractivity contribution in [3.63, 3.8) is 0 Å². The Kier molecular flexibility index (Phi) is 48.7. The number of halogens is 4. The molecule has 0 fully saturated rings. The number of aromatic amines is 1. The first-order chi connectivity index (χ1) is 41.1. The van der Waals surface area contributed by atoms with Crippen LogP contribution in [0, 0.1) is 0 Å². The van der Waals surface area contributed by atoms with Gasteiger partial charge in [0.2, 0.25) is 5.28 Å². The standard InChI is InChI=1S/C15H15NO.C14H9ClN2.C14H10N2O.C12H10O.8C2H6.Cl3OP/c1-16(2)10-9-15(17)14-8-7-12-5-3-4-6-13(12)11-14;15-14-16-8-7-13(17-14)12-6-5-10-3-1-2-4-11(10)9-12;17-14-15-8-7-13(16-14)12-6-5-10-3-1-2-4-11(10)9-12;1-9(13)11-7-6-10-4-2-3-5-12(10)8-11;8*1-2;1-5(2,3)4/h3-11H,1-2H3;1-9H;1-9H,(H,15,16,17);2-8H,1H3;8*1-2H3;/b10-9+;;;;;;;;;;;;. The van der Waals surface area contributed by atoms with E-state index in [1.54, 1.807) is 31.5 Å². The quantitative estimate of drug-likeness (QED) is 0.0755. The van der Waals surface area contributed by atoms with Gasteiger partial charge in [-0.25, -0.2) is 19.7 Å². The maximum absolute atomic E-state index is 11.9. The third-order valence-corrected chi connectivity index (χ3v) is 10.3. The van der Waals surface area contributed by atoms with Gasteiger partial charge < -0.3 is 9.88 Å². The highest BCUT2D eigenvalue weighted by atomic mass is 36.0. The summed E-state index contributed by atoms with van der Waals surface area (Å²) in [5, 5.41) is 6.35. The fraction of sp³-hybridized carbons (Fsp3) is 0.268. The number of carbonyl (C=O) groups excluding carboxylic acids is 2. The molecule has 2 aromatic heterocycles. The first-order valence-electron chi connectivity index (χ1n) is 29.2. The minimum absolute atomic E-state index is 0.0319. The second kappa shape index (κ2) is 50.4. The molecule has 85 heavy (non-hydrogen) atoms. The fourth-order valence-electron chi connectivity index (χ4n) is 6.80. The number of Topliss-reactive ketones (excluding diaryl/α,β-unsaturated/α-hetero) is 1. The summed E-state index contributed by atoms with van der Waals surface area (Å²) in [6, 6.07) is 59.9. The van der Waals surface area contributed by atoms with Crippen molar-refractivity contribution < 1.29 is 14.2 Å². The highest BCUT2D eigenvalue weighted by molar-refractivity contribution is 8.24. The van der Waals surface area contributed by atoms with Crippen molar-refractivity contribution in [2.24, 2.45) is 0 Å². The van der Waals surface area contributed by atoms with Crippen LogP contribution in [0.4, 0.5) is 0 Å². The third-order valence-electron chi connectivity index (χ3n) is 10.1. The molecule has 1 N–H and O–H groups in total. The number of hydrogen-bond donors (Lipinski definition) is 1. The zero-order valence-electron chi connectivity index (χ0n) is 53.5. The molecule has 14 heteroatoms. The third kappa shape index (κ3) is 33.3. The maximum Gasteiger partial charge on any atom is 0.345 e. The van der Waals surface area contributed by atoms with Crippen molar-refractivity contribution >= 4 is 105 Å². The minimum Gasteiger partial charge on any atom is -0.383 e. The van der Waals surface area contributed by atoms with E-state index in [-0.39, 0.29) is 22.5 Å². The first kappa shape index (κ1) is 82.2. The summed E-state index contributed by atoms with van der Waals surface area (Å²) in [7, 11) is 3.79. The molecule has 0 aliphatic carbocycles. The molecule has 10 rings (SSSR count). The van der Waals surface area contributed by atoms with Crippen molar-refractivity contribution in [1.82, 2.24) is 24.8 Å². The molecule has 0 spiro atoms. The van der Waals surface area contributed by atoms with Gasteiger partial charge in [-0.2, -0.15) is 0 Å². The van der Waals surface area contributed by atoms with E-state index >= 15 is 0 Å². The Labute approximate surface area is 528 Å². The topological polar surface area (TPSA) is 126 Å². The summed E-state index contributed by atoms with van der Waals surface area (Å²) in [6.45, 7) is 33.6. The molecule has 0 aliphatic heterocycles. The molecule has 2 heterocycles. The van der Waals surface area contributed by atoms with Gasteiger partial charge in [-0.15, -0.1) is 0 Å². The largest absolute Gasteiger partial charge is 0.383 e. The van der Waals surface area contributed by atoms with Gasteiger partial charge in [-0.05, 0) is 137 Å². The Hall–Kier alpha value is -6.97. The van der Waals surface area contributed by atoms with Gasteiger partial charge in [0.25, 0.3) is 0 Å². The molecule has 0 saturated heterocycles. The number of carbonyl (C=O) groups is 2. The van der Waals surface area contributed by atoms with Crippen LogP contribution in [0.1, 0.15) is 138 Å². The highest BCUT2D eigenvalue weighted by Crippen LogP contribution is 2.61. The Morgan fingerprint density at radius 1 is 0.459 bits per heavy atom. The van der Waals surface area contributed by atoms with Crippen molar-refractivity contribution in [2.45, 2.75) is 118 Å². The lowest BCUT2D eigenvalue weighted by Gasteiger charge is -2.03. The number of hydrogen-bond acceptors (Lipinski definition) is 8. The molecule has 0 amide bonds. The van der Waals surface area contributed by atoms with Crippen LogP contribution >= 0.6 is 50.5 Å². The van der Waals surface area contributed by atoms with E-state index in [1.807, 2.05) is 263 Å². The summed E-state index contributed by atoms with van der Waals surface area (Å²) in [5.41, 5.74) is 4.85. The Morgan fingerprint density at radius 2 is 0.800 bits per heavy atom. The van der Waals surface area contributed by atoms with E-state index < -0.39 is 5.20 Å². The van der Waals surface area contributed by atoms with Gasteiger partial charge in [0.05, 0.1) is 11.4 Å². The lowest BCUT2D eigenvalue weighted by atomic mass is 10.0. The average Bonchev–Trinajstić information content (AvgIpc) is 3.70. The number of ketones is 2. The zero-order chi connectivity index (χ0) is 65.3. The number of fused-ring (bicyclic) bond motifs is 4. The normalized spacial score (nSPS) is 9.26. The number of H-pyrrole nitrogens is 1. The number of aromatic nitrogens is 4. The zero-order valence-corrected chi connectivity index (χ0v) is 57.4. The molecule has 0 radical (unpaired) electrons. The molecule has 9 nitrogen and oxygen atoms in total. The smallest absolute Gasteiger partial charge is 0.345 e. The molecular formula is C71H92Cl4N5O4P. The SMILES string of the molecule is CC.CC.CC.CC.CC.CC.CC.CC.CC(=O)c1ccc2ccccc2c1.CN(C)/C=C/C(=O)c1ccc2ccccc2c1.Clc1nccc(-c2ccc3ccccc3c2)n1.O=P(Cl)(Cl)Cl.O=c1nccc(-c2ccc3ccccc3c2)[nH]1. The minimum atomic E-state index is -3.22. The highest BCUT2D eigenvalue weighted by Gasteiger charge is 2.06. The van der Waals surface area contributed by atoms with Crippen LogP contribution in [0.3, 0.4) is 0 Å². The Morgan fingerprint density at radius 3 is 1.19 bits per heavy atom. The van der Waals surface area contributed by atoms with Crippen molar-refractivity contribution in [2.75, 3.05) is 14.1 Å². The van der Waals surface area contributed by atoms with Crippen LogP contribution in [0.2, 0.25) is 5.28 Å². The summed E-state index contributed by atoms with van der Waals surface area (Å²) >= 11 is 19.6. The van der Waals surface area contributed by atoms with Crippen molar-refractivity contribution in [1.29, 1.82) is 0 Å². The number of benzene rings is 8. The van der Waals surface area contributed by atoms with Gasteiger partial charge in [-0.3, -0.25) is 14.2 Å². The lowest BCUT2D eigenvalue weighted by Crippen LogP contribution is -2.09. The van der Waals surface area contributed by atoms with E-state index in [4.69, 9.17) is 11.6 Å². The van der Waals surface area contributed by atoms with E-state index in [2.05, 4.69) is 96.1 Å². The van der Waals surface area contributed by atoms with Gasteiger partial charge in [0, 0.05) is 55.5 Å². The van der Waals surface area contributed by atoms with E-state index in [0.717, 1.165) is 55.2 Å². The summed E-state index contributed by atoms with van der Waals surface area (Å²) in [4.78, 5) is 50.4. The lowest BCUT2D eigenvalue weighted by molar-refractivity contribution is 0.101. The molecular weight excluding hydrogens is 1160 g/mol. The molecule has 0 atom stereocenters. The number of allylic oxidation sites excluding steroid dienone is 1. The maximum atomic E-state index is 11.9. The second-order valence-corrected chi connectivity index (χ2v) is 22.3. The molecule has 10 aromatic rings. The van der Waals surface area contributed by atoms with Crippen LogP contribution in [0.25, 0.3) is 65.6 Å². The van der Waals surface area contributed by atoms with Crippen molar-refractivity contribution in [3.8, 4) is 22.5 Å². The van der Waals surface area contributed by atoms with Crippen LogP contribution in [-0.4, -0.2) is 50.5 Å². The molecule has 0 aliphatic rings. The molecule has 0 unspecified atom stereocenters. The molecule has 8 aromatic carbocycles. The molecule has 0 saturated carbocycles. The number of nitrogens with one attached hydrogen (secondary N) is 1. The molecule has 458 valence electrons. The predicted octanol–water partition coefficient (Wildman–Crippen LogP) is 23.7. The average molecular weight is 1250 g/mol. The van der Waals surface area contributed by atoms with E-state index in [9.17, 15) is 18.9 Å². The van der Waals surface area contributed by atoms with Crippen LogP contribution in [-0.2, 0) is 4.57 Å². The first-order valence-corrected chi connectivity index (χ1v) is 34.0. The van der Waals surface area contributed by atoms with Gasteiger partial charge in [0.1, 0.15) is 0 Å². The van der Waals surface area contributed by atoms with Crippen LogP contribution in [0.5, 0.6) is 0 Å². The monoisotopic (exact) mass is 1250 g/mol. The number of rotatable bonds is 6. The van der Waals surface area contributed by atoms with Gasteiger partial charge in [-0.1, -0.05) is 256 Å². The Bertz CT molecular complexity index is 3520. The van der Waals surface area contributed by atoms with E-state index in [0.29, 0.717) is 0 Å². The van der Waals surface area contributed by atoms with Gasteiger partial charge in [0.15, 0.2) is 11.6 Å². The predicted molar refractivity (Wildman–Crippen MR) is 379 cm³/mol. The van der Waals surface area contributed by atoms with Crippen molar-refractivity contribution in [3.05, 3.63) is 234 Å². The summed E-state index contributed by atoms with van der Waals surface area (Å²) in [6.07, 6.45) is 6.53. The fourth-order valence-corrected chi connectivity index (χ4v) is 6.95. The summed E-state index contributed by atoms with van der Waals surface area (Å²) in [5.74, 6) is 0.148. The molecule has 0 bridgehead atoms. The Balaban J connectivity index is -0.000000955. The summed E-state index contributed by atoms with van der Waals surface area (Å²) < 4.78 is 9.51. The number of nitrogens with zero attached hydrogens (tertiary/aromatic N) is 4. The van der Waals surface area contributed by atoms with E-state index in [1.165, 1.54) is 27.7 Å². The van der Waals surface area contributed by atoms with Gasteiger partial charge >= 0.3 is 10.9 Å². The second-order valence-electron chi connectivity index (χ2n) is 15.3. The van der Waals surface area contributed by atoms with Crippen LogP contribution < -0.4 is 5.69 Å².